The van der Waals surface area contributed by atoms with Crippen LogP contribution in [0.4, 0.5) is 0 Å². The lowest BCUT2D eigenvalue weighted by Crippen LogP contribution is -2.51. The van der Waals surface area contributed by atoms with Gasteiger partial charge in [-0.25, -0.2) is 0 Å². The Labute approximate surface area is 121 Å². The van der Waals surface area contributed by atoms with E-state index in [0.717, 1.165) is 44.9 Å². The van der Waals surface area contributed by atoms with E-state index in [0.29, 0.717) is 6.10 Å². The van der Waals surface area contributed by atoms with E-state index in [1.54, 1.807) is 0 Å². The van der Waals surface area contributed by atoms with Gasteiger partial charge in [-0.15, -0.1) is 0 Å². The Balaban J connectivity index is 1.48. The second-order valence-corrected chi connectivity index (χ2v) is 5.95. The summed E-state index contributed by atoms with van der Waals surface area (Å²) in [4.78, 5) is 4.81. The Bertz CT molecular complexity index is 425. The molecule has 0 bridgehead atoms. The van der Waals surface area contributed by atoms with Crippen molar-refractivity contribution in [3.8, 4) is 5.75 Å². The van der Waals surface area contributed by atoms with Gasteiger partial charge in [0, 0.05) is 45.8 Å². The molecule has 2 heterocycles. The van der Waals surface area contributed by atoms with E-state index in [1.165, 1.54) is 18.7 Å². The first-order valence-corrected chi connectivity index (χ1v) is 7.67. The summed E-state index contributed by atoms with van der Waals surface area (Å²) in [6, 6.07) is 8.61. The minimum atomic E-state index is 0.378. The van der Waals surface area contributed by atoms with Gasteiger partial charge in [-0.05, 0) is 31.2 Å². The third kappa shape index (κ3) is 3.72. The molecule has 0 saturated carbocycles. The molecule has 0 atom stereocenters. The molecule has 0 unspecified atom stereocenters. The summed E-state index contributed by atoms with van der Waals surface area (Å²) >= 11 is 0. The SMILES string of the molecule is CN1CC(Oc2cccc(CCN3CCNCC3)c2)C1. The molecule has 4 nitrogen and oxygen atoms in total. The molecule has 2 saturated heterocycles. The summed E-state index contributed by atoms with van der Waals surface area (Å²) < 4.78 is 5.99. The summed E-state index contributed by atoms with van der Waals surface area (Å²) in [5.41, 5.74) is 1.38. The quantitative estimate of drug-likeness (QED) is 0.861. The van der Waals surface area contributed by atoms with Crippen molar-refractivity contribution in [1.82, 2.24) is 15.1 Å². The van der Waals surface area contributed by atoms with Crippen LogP contribution < -0.4 is 10.1 Å². The molecule has 0 spiro atoms. The van der Waals surface area contributed by atoms with E-state index in [4.69, 9.17) is 4.74 Å². The number of hydrogen-bond acceptors (Lipinski definition) is 4. The van der Waals surface area contributed by atoms with Crippen LogP contribution in [-0.4, -0.2) is 68.8 Å². The van der Waals surface area contributed by atoms with Crippen LogP contribution in [0.15, 0.2) is 24.3 Å². The number of hydrogen-bond donors (Lipinski definition) is 1. The fourth-order valence-electron chi connectivity index (χ4n) is 2.91. The van der Waals surface area contributed by atoms with Crippen LogP contribution in [0.5, 0.6) is 5.75 Å². The van der Waals surface area contributed by atoms with E-state index in [9.17, 15) is 0 Å². The van der Waals surface area contributed by atoms with Gasteiger partial charge in [-0.1, -0.05) is 12.1 Å². The minimum Gasteiger partial charge on any atom is -0.488 e. The summed E-state index contributed by atoms with van der Waals surface area (Å²) in [7, 11) is 2.13. The van der Waals surface area contributed by atoms with Crippen LogP contribution in [0.2, 0.25) is 0 Å². The van der Waals surface area contributed by atoms with Crippen molar-refractivity contribution in [1.29, 1.82) is 0 Å². The zero-order chi connectivity index (χ0) is 13.8. The number of likely N-dealkylation sites (tertiary alicyclic amines) is 1. The smallest absolute Gasteiger partial charge is 0.124 e. The van der Waals surface area contributed by atoms with Crippen molar-refractivity contribution in [3.05, 3.63) is 29.8 Å². The highest BCUT2D eigenvalue weighted by atomic mass is 16.5. The zero-order valence-electron chi connectivity index (χ0n) is 12.3. The predicted octanol–water partition coefficient (Wildman–Crippen LogP) is 0.827. The maximum Gasteiger partial charge on any atom is 0.124 e. The van der Waals surface area contributed by atoms with Gasteiger partial charge in [0.25, 0.3) is 0 Å². The highest BCUT2D eigenvalue weighted by Gasteiger charge is 2.24. The molecular weight excluding hydrogens is 250 g/mol. The molecule has 2 fully saturated rings. The van der Waals surface area contributed by atoms with Crippen molar-refractivity contribution in [2.45, 2.75) is 12.5 Å². The zero-order valence-corrected chi connectivity index (χ0v) is 12.3. The molecule has 110 valence electrons. The van der Waals surface area contributed by atoms with E-state index in [1.807, 2.05) is 0 Å². The monoisotopic (exact) mass is 275 g/mol. The fourth-order valence-corrected chi connectivity index (χ4v) is 2.91. The van der Waals surface area contributed by atoms with Crippen molar-refractivity contribution in [2.24, 2.45) is 0 Å². The number of benzene rings is 1. The van der Waals surface area contributed by atoms with Gasteiger partial charge in [-0.2, -0.15) is 0 Å². The molecular formula is C16H25N3O. The lowest BCUT2D eigenvalue weighted by atomic mass is 10.1. The molecule has 20 heavy (non-hydrogen) atoms. The number of ether oxygens (including phenoxy) is 1. The third-order valence-corrected chi connectivity index (χ3v) is 4.16. The molecule has 0 radical (unpaired) electrons. The van der Waals surface area contributed by atoms with Gasteiger partial charge in [0.15, 0.2) is 0 Å². The van der Waals surface area contributed by atoms with Crippen LogP contribution in [0.3, 0.4) is 0 Å². The predicted molar refractivity (Wildman–Crippen MR) is 81.4 cm³/mol. The molecule has 4 heteroatoms. The van der Waals surface area contributed by atoms with Gasteiger partial charge >= 0.3 is 0 Å². The Hall–Kier alpha value is -1.10. The lowest BCUT2D eigenvalue weighted by Gasteiger charge is -2.36. The maximum atomic E-state index is 5.99. The first-order chi connectivity index (χ1) is 9.79. The van der Waals surface area contributed by atoms with Crippen molar-refractivity contribution in [2.75, 3.05) is 52.9 Å². The van der Waals surface area contributed by atoms with E-state index < -0.39 is 0 Å². The molecule has 2 aliphatic rings. The molecule has 0 amide bonds. The largest absolute Gasteiger partial charge is 0.488 e. The Kier molecular flexibility index (Phi) is 4.55. The molecule has 0 aromatic heterocycles. The molecule has 3 rings (SSSR count). The van der Waals surface area contributed by atoms with Crippen molar-refractivity contribution >= 4 is 0 Å². The van der Waals surface area contributed by atoms with Gasteiger partial charge < -0.3 is 15.0 Å². The molecule has 2 aliphatic heterocycles. The van der Waals surface area contributed by atoms with Crippen LogP contribution in [-0.2, 0) is 6.42 Å². The Morgan fingerprint density at radius 2 is 2.05 bits per heavy atom. The average molecular weight is 275 g/mol. The summed E-state index contributed by atoms with van der Waals surface area (Å²) in [6.07, 6.45) is 1.49. The number of nitrogens with one attached hydrogen (secondary N) is 1. The minimum absolute atomic E-state index is 0.378. The van der Waals surface area contributed by atoms with Crippen LogP contribution >= 0.6 is 0 Å². The van der Waals surface area contributed by atoms with Crippen LogP contribution in [0, 0.1) is 0 Å². The normalized spacial score (nSPS) is 21.6. The first-order valence-electron chi connectivity index (χ1n) is 7.67. The second-order valence-electron chi connectivity index (χ2n) is 5.95. The Morgan fingerprint density at radius 3 is 2.80 bits per heavy atom. The van der Waals surface area contributed by atoms with Crippen LogP contribution in [0.1, 0.15) is 5.56 Å². The van der Waals surface area contributed by atoms with Gasteiger partial charge in [0.1, 0.15) is 11.9 Å². The highest BCUT2D eigenvalue weighted by Crippen LogP contribution is 2.19. The highest BCUT2D eigenvalue weighted by molar-refractivity contribution is 5.29. The van der Waals surface area contributed by atoms with Crippen LogP contribution in [0.25, 0.3) is 0 Å². The number of rotatable bonds is 5. The van der Waals surface area contributed by atoms with Gasteiger partial charge in [-0.3, -0.25) is 4.90 Å². The maximum absolute atomic E-state index is 5.99. The molecule has 1 N–H and O–H groups in total. The number of likely N-dealkylation sites (N-methyl/N-ethyl adjacent to an activating group) is 1. The summed E-state index contributed by atoms with van der Waals surface area (Å²) in [6.45, 7) is 7.83. The van der Waals surface area contributed by atoms with Gasteiger partial charge in [0.2, 0.25) is 0 Å². The molecule has 1 aromatic carbocycles. The van der Waals surface area contributed by atoms with E-state index in [-0.39, 0.29) is 0 Å². The average Bonchev–Trinajstić information content (AvgIpc) is 2.45. The summed E-state index contributed by atoms with van der Waals surface area (Å²) in [5, 5.41) is 3.39. The molecule has 1 aromatic rings. The third-order valence-electron chi connectivity index (χ3n) is 4.16. The lowest BCUT2D eigenvalue weighted by molar-refractivity contribution is 0.0388. The summed E-state index contributed by atoms with van der Waals surface area (Å²) in [5.74, 6) is 1.03. The fraction of sp³-hybridized carbons (Fsp3) is 0.625. The number of piperazine rings is 1. The first kappa shape index (κ1) is 13.9. The molecule has 0 aliphatic carbocycles. The second kappa shape index (κ2) is 6.57. The van der Waals surface area contributed by atoms with E-state index >= 15 is 0 Å². The van der Waals surface area contributed by atoms with Gasteiger partial charge in [0.05, 0.1) is 0 Å². The topological polar surface area (TPSA) is 27.7 Å². The van der Waals surface area contributed by atoms with Crippen molar-refractivity contribution < 1.29 is 4.74 Å². The van der Waals surface area contributed by atoms with E-state index in [2.05, 4.69) is 46.4 Å². The standard InChI is InChI=1S/C16H25N3O/c1-18-12-16(13-18)20-15-4-2-3-14(11-15)5-8-19-9-6-17-7-10-19/h2-4,11,16-17H,5-10,12-13H2,1H3. The van der Waals surface area contributed by atoms with Crippen molar-refractivity contribution in [3.63, 3.8) is 0 Å². The number of nitrogens with zero attached hydrogens (tertiary/aromatic N) is 2. The Morgan fingerprint density at radius 1 is 1.25 bits per heavy atom.